The Labute approximate surface area is 147 Å². The van der Waals surface area contributed by atoms with Crippen molar-refractivity contribution in [3.05, 3.63) is 54.1 Å². The van der Waals surface area contributed by atoms with Crippen LogP contribution < -0.4 is 14.8 Å². The zero-order valence-corrected chi connectivity index (χ0v) is 14.4. The van der Waals surface area contributed by atoms with E-state index in [0.717, 1.165) is 30.8 Å². The molecule has 0 aliphatic carbocycles. The first kappa shape index (κ1) is 17.3. The van der Waals surface area contributed by atoms with E-state index < -0.39 is 0 Å². The Bertz CT molecular complexity index is 693. The van der Waals surface area contributed by atoms with Gasteiger partial charge < -0.3 is 19.5 Å². The lowest BCUT2D eigenvalue weighted by Gasteiger charge is -2.13. The van der Waals surface area contributed by atoms with Crippen LogP contribution in [0.4, 0.5) is 5.69 Å². The second kappa shape index (κ2) is 8.53. The fourth-order valence-electron chi connectivity index (χ4n) is 2.69. The molecule has 1 fully saturated rings. The van der Waals surface area contributed by atoms with Gasteiger partial charge in [-0.2, -0.15) is 0 Å². The number of para-hydroxylation sites is 2. The predicted octanol–water partition coefficient (Wildman–Crippen LogP) is 3.78. The number of hydrogen-bond acceptors (Lipinski definition) is 4. The number of rotatable bonds is 7. The van der Waals surface area contributed by atoms with Gasteiger partial charge in [-0.05, 0) is 42.7 Å². The normalized spacial score (nSPS) is 16.4. The van der Waals surface area contributed by atoms with Gasteiger partial charge in [-0.1, -0.05) is 24.3 Å². The smallest absolute Gasteiger partial charge is 0.221 e. The molecule has 0 aromatic heterocycles. The highest BCUT2D eigenvalue weighted by Gasteiger charge is 2.15. The SMILES string of the molecule is CC(=O)Nc1ccccc1OCc1ccc(OC[C@@H]2CCCO2)cc1. The van der Waals surface area contributed by atoms with Crippen LogP contribution in [0.1, 0.15) is 25.3 Å². The van der Waals surface area contributed by atoms with Crippen molar-refractivity contribution in [3.8, 4) is 11.5 Å². The molecule has 5 heteroatoms. The van der Waals surface area contributed by atoms with Crippen LogP contribution in [0.3, 0.4) is 0 Å². The first-order valence-corrected chi connectivity index (χ1v) is 8.53. The molecule has 0 saturated carbocycles. The number of benzene rings is 2. The molecule has 1 heterocycles. The zero-order chi connectivity index (χ0) is 17.5. The molecule has 0 radical (unpaired) electrons. The van der Waals surface area contributed by atoms with Crippen LogP contribution in [0.2, 0.25) is 0 Å². The van der Waals surface area contributed by atoms with E-state index in [-0.39, 0.29) is 12.0 Å². The molecule has 0 unspecified atom stereocenters. The van der Waals surface area contributed by atoms with Crippen molar-refractivity contribution in [2.75, 3.05) is 18.5 Å². The fourth-order valence-corrected chi connectivity index (χ4v) is 2.69. The summed E-state index contributed by atoms with van der Waals surface area (Å²) in [6.45, 7) is 3.33. The standard InChI is InChI=1S/C20H23NO4/c1-15(22)21-19-6-2-3-7-20(19)25-13-16-8-10-17(11-9-16)24-14-18-5-4-12-23-18/h2-3,6-11,18H,4-5,12-14H2,1H3,(H,21,22)/t18-/m0/s1. The van der Waals surface area contributed by atoms with Gasteiger partial charge >= 0.3 is 0 Å². The van der Waals surface area contributed by atoms with Gasteiger partial charge in [-0.3, -0.25) is 4.79 Å². The van der Waals surface area contributed by atoms with Crippen molar-refractivity contribution in [2.24, 2.45) is 0 Å². The summed E-state index contributed by atoms with van der Waals surface area (Å²) < 4.78 is 17.1. The minimum atomic E-state index is -0.121. The first-order chi connectivity index (χ1) is 12.2. The average Bonchev–Trinajstić information content (AvgIpc) is 3.13. The van der Waals surface area contributed by atoms with Gasteiger partial charge in [-0.25, -0.2) is 0 Å². The highest BCUT2D eigenvalue weighted by atomic mass is 16.5. The Morgan fingerprint density at radius 1 is 1.16 bits per heavy atom. The number of carbonyl (C=O) groups excluding carboxylic acids is 1. The van der Waals surface area contributed by atoms with Crippen LogP contribution >= 0.6 is 0 Å². The fraction of sp³-hybridized carbons (Fsp3) is 0.350. The lowest BCUT2D eigenvalue weighted by Crippen LogP contribution is -2.16. The van der Waals surface area contributed by atoms with E-state index in [9.17, 15) is 4.79 Å². The molecule has 1 saturated heterocycles. The lowest BCUT2D eigenvalue weighted by molar-refractivity contribution is -0.114. The Morgan fingerprint density at radius 2 is 1.96 bits per heavy atom. The number of nitrogens with one attached hydrogen (secondary N) is 1. The van der Waals surface area contributed by atoms with Crippen LogP contribution in [0.25, 0.3) is 0 Å². The van der Waals surface area contributed by atoms with Crippen molar-refractivity contribution < 1.29 is 19.0 Å². The van der Waals surface area contributed by atoms with Crippen molar-refractivity contribution >= 4 is 11.6 Å². The molecule has 1 atom stereocenters. The highest BCUT2D eigenvalue weighted by molar-refractivity contribution is 5.90. The van der Waals surface area contributed by atoms with E-state index in [1.165, 1.54) is 6.92 Å². The Morgan fingerprint density at radius 3 is 2.68 bits per heavy atom. The Hall–Kier alpha value is -2.53. The maximum absolute atomic E-state index is 11.2. The van der Waals surface area contributed by atoms with Gasteiger partial charge in [0.1, 0.15) is 24.7 Å². The maximum Gasteiger partial charge on any atom is 0.221 e. The molecule has 2 aromatic carbocycles. The molecular formula is C20H23NO4. The molecule has 0 bridgehead atoms. The van der Waals surface area contributed by atoms with Gasteiger partial charge in [0.05, 0.1) is 11.8 Å². The largest absolute Gasteiger partial charge is 0.491 e. The van der Waals surface area contributed by atoms with E-state index in [0.29, 0.717) is 24.7 Å². The molecule has 5 nitrogen and oxygen atoms in total. The van der Waals surface area contributed by atoms with E-state index in [2.05, 4.69) is 5.32 Å². The zero-order valence-electron chi connectivity index (χ0n) is 14.4. The van der Waals surface area contributed by atoms with Crippen LogP contribution in [-0.4, -0.2) is 25.2 Å². The second-order valence-corrected chi connectivity index (χ2v) is 6.06. The molecule has 1 aliphatic rings. The number of amides is 1. The summed E-state index contributed by atoms with van der Waals surface area (Å²) >= 11 is 0. The van der Waals surface area contributed by atoms with Crippen molar-refractivity contribution in [1.82, 2.24) is 0 Å². The lowest BCUT2D eigenvalue weighted by atomic mass is 10.2. The van der Waals surface area contributed by atoms with Crippen molar-refractivity contribution in [1.29, 1.82) is 0 Å². The molecule has 1 N–H and O–H groups in total. The van der Waals surface area contributed by atoms with Crippen LogP contribution in [0.15, 0.2) is 48.5 Å². The van der Waals surface area contributed by atoms with Gasteiger partial charge in [0.2, 0.25) is 5.91 Å². The van der Waals surface area contributed by atoms with E-state index >= 15 is 0 Å². The third-order valence-corrected chi connectivity index (χ3v) is 3.98. The summed E-state index contributed by atoms with van der Waals surface area (Å²) in [5.74, 6) is 1.36. The summed E-state index contributed by atoms with van der Waals surface area (Å²) in [6, 6.07) is 15.2. The predicted molar refractivity (Wildman–Crippen MR) is 96.0 cm³/mol. The molecule has 25 heavy (non-hydrogen) atoms. The minimum Gasteiger partial charge on any atom is -0.491 e. The monoisotopic (exact) mass is 341 g/mol. The van der Waals surface area contributed by atoms with E-state index in [4.69, 9.17) is 14.2 Å². The molecular weight excluding hydrogens is 318 g/mol. The molecule has 2 aromatic rings. The molecule has 132 valence electrons. The maximum atomic E-state index is 11.2. The topological polar surface area (TPSA) is 56.8 Å². The summed E-state index contributed by atoms with van der Waals surface area (Å²) in [5, 5.41) is 2.77. The minimum absolute atomic E-state index is 0.121. The van der Waals surface area contributed by atoms with E-state index in [1.807, 2.05) is 48.5 Å². The number of anilines is 1. The highest BCUT2D eigenvalue weighted by Crippen LogP contribution is 2.25. The third-order valence-electron chi connectivity index (χ3n) is 3.98. The quantitative estimate of drug-likeness (QED) is 0.833. The number of hydrogen-bond donors (Lipinski definition) is 1. The van der Waals surface area contributed by atoms with Gasteiger partial charge in [0, 0.05) is 13.5 Å². The summed E-state index contributed by atoms with van der Waals surface area (Å²) in [4.78, 5) is 11.2. The van der Waals surface area contributed by atoms with Crippen LogP contribution in [0, 0.1) is 0 Å². The Kier molecular flexibility index (Phi) is 5.90. The summed E-state index contributed by atoms with van der Waals surface area (Å²) in [6.07, 6.45) is 2.40. The molecule has 0 spiro atoms. The van der Waals surface area contributed by atoms with Gasteiger partial charge in [-0.15, -0.1) is 0 Å². The van der Waals surface area contributed by atoms with Gasteiger partial charge in [0.25, 0.3) is 0 Å². The number of carbonyl (C=O) groups is 1. The van der Waals surface area contributed by atoms with Crippen LogP contribution in [0.5, 0.6) is 11.5 Å². The second-order valence-electron chi connectivity index (χ2n) is 6.06. The third kappa shape index (κ3) is 5.22. The molecule has 1 aliphatic heterocycles. The number of ether oxygens (including phenoxy) is 3. The van der Waals surface area contributed by atoms with Gasteiger partial charge in [0.15, 0.2) is 0 Å². The summed E-state index contributed by atoms with van der Waals surface area (Å²) in [5.41, 5.74) is 1.70. The van der Waals surface area contributed by atoms with Crippen molar-refractivity contribution in [2.45, 2.75) is 32.5 Å². The molecule has 3 rings (SSSR count). The van der Waals surface area contributed by atoms with Crippen LogP contribution in [-0.2, 0) is 16.1 Å². The average molecular weight is 341 g/mol. The first-order valence-electron chi connectivity index (χ1n) is 8.53. The molecule has 1 amide bonds. The van der Waals surface area contributed by atoms with Crippen molar-refractivity contribution in [3.63, 3.8) is 0 Å². The van der Waals surface area contributed by atoms with E-state index in [1.54, 1.807) is 0 Å². The Balaban J connectivity index is 1.52. The summed E-state index contributed by atoms with van der Waals surface area (Å²) in [7, 11) is 0.